The van der Waals surface area contributed by atoms with Gasteiger partial charge in [-0.3, -0.25) is 4.90 Å². The van der Waals surface area contributed by atoms with E-state index in [2.05, 4.69) is 76.7 Å². The van der Waals surface area contributed by atoms with Crippen LogP contribution in [0, 0.1) is 0 Å². The van der Waals surface area contributed by atoms with E-state index < -0.39 is 0 Å². The molecule has 0 aliphatic carbocycles. The number of rotatable bonds is 6. The van der Waals surface area contributed by atoms with E-state index in [1.165, 1.54) is 34.9 Å². The van der Waals surface area contributed by atoms with Crippen LogP contribution in [0.15, 0.2) is 85.1 Å². The number of aromatic amines is 1. The summed E-state index contributed by atoms with van der Waals surface area (Å²) < 4.78 is 6.11. The lowest BCUT2D eigenvalue weighted by molar-refractivity contribution is 0.282. The smallest absolute Gasteiger partial charge is 0.120 e. The number of fused-ring (bicyclic) bond motifs is 1. The van der Waals surface area contributed by atoms with Crippen molar-refractivity contribution in [3.63, 3.8) is 0 Å². The van der Waals surface area contributed by atoms with E-state index in [0.717, 1.165) is 24.4 Å². The Morgan fingerprint density at radius 2 is 1.59 bits per heavy atom. The number of nitrogens with one attached hydrogen (secondary N) is 1. The summed E-state index contributed by atoms with van der Waals surface area (Å²) in [7, 11) is 0. The molecule has 29 heavy (non-hydrogen) atoms. The molecule has 1 atom stereocenters. The van der Waals surface area contributed by atoms with Gasteiger partial charge >= 0.3 is 0 Å². The first-order valence-electron chi connectivity index (χ1n) is 10.5. The normalized spacial score (nSPS) is 15.6. The Bertz CT molecular complexity index is 1070. The van der Waals surface area contributed by atoms with Gasteiger partial charge in [0.05, 0.1) is 6.04 Å². The molecule has 0 radical (unpaired) electrons. The Balaban J connectivity index is 1.49. The summed E-state index contributed by atoms with van der Waals surface area (Å²) in [6.45, 7) is 2.88. The number of hydrogen-bond donors (Lipinski definition) is 1. The van der Waals surface area contributed by atoms with Crippen LogP contribution in [0.3, 0.4) is 0 Å². The number of aromatic nitrogens is 1. The fraction of sp³-hybridized carbons (Fsp3) is 0.231. The van der Waals surface area contributed by atoms with Gasteiger partial charge in [-0.05, 0) is 60.8 Å². The lowest BCUT2D eigenvalue weighted by atomic mass is 9.96. The van der Waals surface area contributed by atoms with Gasteiger partial charge in [0.15, 0.2) is 0 Å². The van der Waals surface area contributed by atoms with Gasteiger partial charge in [-0.25, -0.2) is 0 Å². The van der Waals surface area contributed by atoms with Crippen molar-refractivity contribution in [1.29, 1.82) is 0 Å². The van der Waals surface area contributed by atoms with Crippen molar-refractivity contribution in [2.24, 2.45) is 0 Å². The lowest BCUT2D eigenvalue weighted by Crippen LogP contribution is -2.26. The van der Waals surface area contributed by atoms with E-state index in [1.54, 1.807) is 0 Å². The summed E-state index contributed by atoms with van der Waals surface area (Å²) in [5, 5.41) is 1.25. The number of nitrogens with zero attached hydrogens (tertiary/aromatic N) is 1. The zero-order chi connectivity index (χ0) is 19.5. The van der Waals surface area contributed by atoms with E-state index in [4.69, 9.17) is 4.74 Å². The summed E-state index contributed by atoms with van der Waals surface area (Å²) in [5.74, 6) is 0.912. The van der Waals surface area contributed by atoms with Crippen LogP contribution in [0.1, 0.15) is 35.6 Å². The predicted octanol–water partition coefficient (Wildman–Crippen LogP) is 5.93. The van der Waals surface area contributed by atoms with Crippen molar-refractivity contribution >= 4 is 10.9 Å². The molecule has 0 amide bonds. The molecule has 0 spiro atoms. The SMILES string of the molecule is c1ccc(COc2ccc3[nH]cc(C(c4ccccc4)N4CCCC4)c3c2)cc1. The molecule has 0 saturated carbocycles. The van der Waals surface area contributed by atoms with Crippen molar-refractivity contribution < 1.29 is 4.74 Å². The molecule has 1 aromatic heterocycles. The quantitative estimate of drug-likeness (QED) is 0.447. The van der Waals surface area contributed by atoms with Crippen LogP contribution in [0.2, 0.25) is 0 Å². The summed E-state index contributed by atoms with van der Waals surface area (Å²) in [6.07, 6.45) is 4.73. The van der Waals surface area contributed by atoms with Crippen LogP contribution in [-0.4, -0.2) is 23.0 Å². The zero-order valence-corrected chi connectivity index (χ0v) is 16.6. The molecule has 3 heteroatoms. The van der Waals surface area contributed by atoms with Gasteiger partial charge in [0, 0.05) is 17.1 Å². The zero-order valence-electron chi connectivity index (χ0n) is 16.6. The Hall–Kier alpha value is -3.04. The molecular formula is C26H26N2O. The second kappa shape index (κ2) is 8.14. The number of ether oxygens (including phenoxy) is 1. The maximum Gasteiger partial charge on any atom is 0.120 e. The minimum absolute atomic E-state index is 0.275. The number of H-pyrrole nitrogens is 1. The highest BCUT2D eigenvalue weighted by Crippen LogP contribution is 2.36. The van der Waals surface area contributed by atoms with Crippen LogP contribution in [0.4, 0.5) is 0 Å². The van der Waals surface area contributed by atoms with Gasteiger partial charge in [-0.2, -0.15) is 0 Å². The number of benzene rings is 3. The first kappa shape index (κ1) is 18.0. The Morgan fingerprint density at radius 1 is 0.862 bits per heavy atom. The third-order valence-corrected chi connectivity index (χ3v) is 5.85. The van der Waals surface area contributed by atoms with Gasteiger partial charge in [-0.1, -0.05) is 60.7 Å². The first-order valence-corrected chi connectivity index (χ1v) is 10.5. The topological polar surface area (TPSA) is 28.3 Å². The van der Waals surface area contributed by atoms with Gasteiger partial charge in [-0.15, -0.1) is 0 Å². The Labute approximate surface area is 171 Å². The molecule has 1 aliphatic rings. The lowest BCUT2D eigenvalue weighted by Gasteiger charge is -2.28. The second-order valence-corrected chi connectivity index (χ2v) is 7.78. The van der Waals surface area contributed by atoms with Crippen molar-refractivity contribution in [1.82, 2.24) is 9.88 Å². The Morgan fingerprint density at radius 3 is 2.34 bits per heavy atom. The molecule has 3 aromatic carbocycles. The summed E-state index contributed by atoms with van der Waals surface area (Å²) >= 11 is 0. The van der Waals surface area contributed by atoms with Crippen LogP contribution in [0.25, 0.3) is 10.9 Å². The molecule has 1 N–H and O–H groups in total. The molecule has 1 fully saturated rings. The van der Waals surface area contributed by atoms with E-state index >= 15 is 0 Å². The highest BCUT2D eigenvalue weighted by molar-refractivity contribution is 5.85. The van der Waals surface area contributed by atoms with E-state index in [0.29, 0.717) is 6.61 Å². The molecule has 146 valence electrons. The Kier molecular flexibility index (Phi) is 5.06. The average Bonchev–Trinajstić information content (AvgIpc) is 3.45. The minimum atomic E-state index is 0.275. The maximum absolute atomic E-state index is 6.11. The van der Waals surface area contributed by atoms with Crippen LogP contribution in [-0.2, 0) is 6.61 Å². The predicted molar refractivity (Wildman–Crippen MR) is 118 cm³/mol. The van der Waals surface area contributed by atoms with Crippen LogP contribution < -0.4 is 4.74 Å². The van der Waals surface area contributed by atoms with E-state index in [-0.39, 0.29) is 6.04 Å². The van der Waals surface area contributed by atoms with Crippen molar-refractivity contribution in [3.8, 4) is 5.75 Å². The average molecular weight is 383 g/mol. The highest BCUT2D eigenvalue weighted by atomic mass is 16.5. The second-order valence-electron chi connectivity index (χ2n) is 7.78. The monoisotopic (exact) mass is 382 g/mol. The molecule has 2 heterocycles. The molecule has 0 bridgehead atoms. The van der Waals surface area contributed by atoms with Crippen molar-refractivity contribution in [3.05, 3.63) is 102 Å². The molecule has 3 nitrogen and oxygen atoms in total. The number of likely N-dealkylation sites (tertiary alicyclic amines) is 1. The van der Waals surface area contributed by atoms with E-state index in [9.17, 15) is 0 Å². The fourth-order valence-corrected chi connectivity index (χ4v) is 4.40. The third-order valence-electron chi connectivity index (χ3n) is 5.85. The molecule has 1 unspecified atom stereocenters. The largest absolute Gasteiger partial charge is 0.489 e. The summed E-state index contributed by atoms with van der Waals surface area (Å²) in [4.78, 5) is 6.09. The van der Waals surface area contributed by atoms with Crippen LogP contribution >= 0.6 is 0 Å². The standard InChI is InChI=1S/C26H26N2O/c1-3-9-20(10-4-1)19-29-22-13-14-25-23(17-22)24(18-27-25)26(28-15-7-8-16-28)21-11-5-2-6-12-21/h1-6,9-14,17-18,26-27H,7-8,15-16,19H2. The van der Waals surface area contributed by atoms with Crippen molar-refractivity contribution in [2.75, 3.05) is 13.1 Å². The van der Waals surface area contributed by atoms with Gasteiger partial charge in [0.2, 0.25) is 0 Å². The summed E-state index contributed by atoms with van der Waals surface area (Å²) in [5.41, 5.74) is 5.03. The van der Waals surface area contributed by atoms with Gasteiger partial charge in [0.25, 0.3) is 0 Å². The van der Waals surface area contributed by atoms with Gasteiger partial charge in [0.1, 0.15) is 12.4 Å². The molecule has 1 aliphatic heterocycles. The molecule has 4 aromatic rings. The number of hydrogen-bond acceptors (Lipinski definition) is 2. The minimum Gasteiger partial charge on any atom is -0.489 e. The molecular weight excluding hydrogens is 356 g/mol. The first-order chi connectivity index (χ1) is 14.4. The fourth-order valence-electron chi connectivity index (χ4n) is 4.40. The van der Waals surface area contributed by atoms with E-state index in [1.807, 2.05) is 18.2 Å². The van der Waals surface area contributed by atoms with Gasteiger partial charge < -0.3 is 9.72 Å². The van der Waals surface area contributed by atoms with Crippen molar-refractivity contribution in [2.45, 2.75) is 25.5 Å². The molecule has 1 saturated heterocycles. The highest BCUT2D eigenvalue weighted by Gasteiger charge is 2.27. The third kappa shape index (κ3) is 3.79. The maximum atomic E-state index is 6.11. The summed E-state index contributed by atoms with van der Waals surface area (Å²) in [6, 6.07) is 27.8. The molecule has 5 rings (SSSR count). The van der Waals surface area contributed by atoms with Crippen LogP contribution in [0.5, 0.6) is 5.75 Å².